The van der Waals surface area contributed by atoms with Crippen molar-refractivity contribution in [2.75, 3.05) is 11.1 Å². The van der Waals surface area contributed by atoms with Crippen LogP contribution in [0, 0.1) is 0 Å². The van der Waals surface area contributed by atoms with E-state index in [-0.39, 0.29) is 5.56 Å². The van der Waals surface area contributed by atoms with Crippen molar-refractivity contribution < 1.29 is 9.90 Å². The molecule has 0 saturated heterocycles. The summed E-state index contributed by atoms with van der Waals surface area (Å²) >= 11 is 0. The second kappa shape index (κ2) is 4.17. The van der Waals surface area contributed by atoms with Gasteiger partial charge >= 0.3 is 5.97 Å². The Kier molecular flexibility index (Phi) is 2.70. The molecule has 1 aromatic carbocycles. The van der Waals surface area contributed by atoms with Gasteiger partial charge in [-0.15, -0.1) is 0 Å². The fourth-order valence-electron chi connectivity index (χ4n) is 1.49. The van der Waals surface area contributed by atoms with E-state index >= 15 is 0 Å². The van der Waals surface area contributed by atoms with Crippen molar-refractivity contribution in [2.45, 2.75) is 0 Å². The lowest BCUT2D eigenvalue weighted by molar-refractivity contribution is 0.0698. The molecule has 0 unspecified atom stereocenters. The maximum atomic E-state index is 11.0. The first-order valence-corrected chi connectivity index (χ1v) is 4.95. The Labute approximate surface area is 97.7 Å². The van der Waals surface area contributed by atoms with Crippen molar-refractivity contribution >= 4 is 23.0 Å². The highest BCUT2D eigenvalue weighted by Gasteiger charge is 2.10. The van der Waals surface area contributed by atoms with Gasteiger partial charge in [-0.2, -0.15) is 5.10 Å². The summed E-state index contributed by atoms with van der Waals surface area (Å²) in [6.45, 7) is 0. The smallest absolute Gasteiger partial charge is 0.337 e. The van der Waals surface area contributed by atoms with Crippen molar-refractivity contribution in [3.63, 3.8) is 0 Å². The molecule has 0 aliphatic heterocycles. The first-order valence-electron chi connectivity index (χ1n) is 4.95. The second-order valence-electron chi connectivity index (χ2n) is 3.64. The highest BCUT2D eigenvalue weighted by atomic mass is 16.4. The Morgan fingerprint density at radius 1 is 1.53 bits per heavy atom. The number of benzene rings is 1. The third kappa shape index (κ3) is 2.36. The number of nitrogens with one attached hydrogen (secondary N) is 1. The summed E-state index contributed by atoms with van der Waals surface area (Å²) in [6.07, 6.45) is 3.35. The molecule has 0 spiro atoms. The summed E-state index contributed by atoms with van der Waals surface area (Å²) in [5.74, 6) is -1.00. The van der Waals surface area contributed by atoms with Crippen LogP contribution in [0.4, 0.5) is 17.1 Å². The first-order chi connectivity index (χ1) is 8.06. The van der Waals surface area contributed by atoms with Gasteiger partial charge in [0.15, 0.2) is 0 Å². The van der Waals surface area contributed by atoms with Crippen LogP contribution in [0.2, 0.25) is 0 Å². The number of nitrogens with zero attached hydrogens (tertiary/aromatic N) is 2. The standard InChI is InChI=1S/C11H12N4O2/c1-15-6-8(5-13-15)14-10-4-7(12)2-3-9(10)11(16)17/h2-6,14H,12H2,1H3,(H,16,17). The molecule has 2 rings (SSSR count). The van der Waals surface area contributed by atoms with E-state index < -0.39 is 5.97 Å². The third-order valence-corrected chi connectivity index (χ3v) is 2.26. The number of anilines is 3. The summed E-state index contributed by atoms with van der Waals surface area (Å²) in [5, 5.41) is 16.0. The summed E-state index contributed by atoms with van der Waals surface area (Å²) < 4.78 is 1.62. The van der Waals surface area contributed by atoms with E-state index in [1.807, 2.05) is 0 Å². The second-order valence-corrected chi connectivity index (χ2v) is 3.64. The summed E-state index contributed by atoms with van der Waals surface area (Å²) in [7, 11) is 1.78. The minimum absolute atomic E-state index is 0.169. The molecule has 0 saturated carbocycles. The van der Waals surface area contributed by atoms with Gasteiger partial charge in [-0.05, 0) is 18.2 Å². The Hall–Kier alpha value is -2.50. The van der Waals surface area contributed by atoms with Gasteiger partial charge in [-0.3, -0.25) is 4.68 Å². The van der Waals surface area contributed by atoms with E-state index in [4.69, 9.17) is 10.8 Å². The molecule has 17 heavy (non-hydrogen) atoms. The van der Waals surface area contributed by atoms with Crippen LogP contribution in [-0.4, -0.2) is 20.9 Å². The highest BCUT2D eigenvalue weighted by Crippen LogP contribution is 2.23. The molecule has 1 aromatic heterocycles. The number of nitrogen functional groups attached to an aromatic ring is 1. The predicted molar refractivity (Wildman–Crippen MR) is 64.3 cm³/mol. The van der Waals surface area contributed by atoms with Crippen molar-refractivity contribution in [3.8, 4) is 0 Å². The minimum Gasteiger partial charge on any atom is -0.478 e. The lowest BCUT2D eigenvalue weighted by atomic mass is 10.1. The molecule has 2 aromatic rings. The molecular formula is C11H12N4O2. The van der Waals surface area contributed by atoms with Gasteiger partial charge in [-0.25, -0.2) is 4.79 Å². The van der Waals surface area contributed by atoms with Gasteiger partial charge < -0.3 is 16.2 Å². The first kappa shape index (κ1) is 11.0. The van der Waals surface area contributed by atoms with E-state index in [0.29, 0.717) is 17.1 Å². The van der Waals surface area contributed by atoms with Crippen molar-refractivity contribution in [1.82, 2.24) is 9.78 Å². The number of aromatic carboxylic acids is 1. The number of aryl methyl sites for hydroxylation is 1. The number of aromatic nitrogens is 2. The van der Waals surface area contributed by atoms with Crippen LogP contribution in [0.5, 0.6) is 0 Å². The monoisotopic (exact) mass is 232 g/mol. The molecule has 6 heteroatoms. The maximum Gasteiger partial charge on any atom is 0.337 e. The van der Waals surface area contributed by atoms with Crippen LogP contribution in [0.25, 0.3) is 0 Å². The normalized spacial score (nSPS) is 10.2. The fraction of sp³-hybridized carbons (Fsp3) is 0.0909. The maximum absolute atomic E-state index is 11.0. The average Bonchev–Trinajstić information content (AvgIpc) is 2.63. The summed E-state index contributed by atoms with van der Waals surface area (Å²) in [6, 6.07) is 4.60. The number of hydrogen-bond acceptors (Lipinski definition) is 4. The predicted octanol–water partition coefficient (Wildman–Crippen LogP) is 1.44. The van der Waals surface area contributed by atoms with Crippen molar-refractivity contribution in [1.29, 1.82) is 0 Å². The zero-order valence-electron chi connectivity index (χ0n) is 9.21. The molecule has 0 fully saturated rings. The zero-order valence-corrected chi connectivity index (χ0v) is 9.21. The lowest BCUT2D eigenvalue weighted by Gasteiger charge is -2.08. The molecule has 6 nitrogen and oxygen atoms in total. The van der Waals surface area contributed by atoms with Gasteiger partial charge in [-0.1, -0.05) is 0 Å². The third-order valence-electron chi connectivity index (χ3n) is 2.26. The lowest BCUT2D eigenvalue weighted by Crippen LogP contribution is -2.03. The van der Waals surface area contributed by atoms with Crippen molar-refractivity contribution in [3.05, 3.63) is 36.2 Å². The highest BCUT2D eigenvalue weighted by molar-refractivity contribution is 5.96. The fourth-order valence-corrected chi connectivity index (χ4v) is 1.49. The molecule has 0 radical (unpaired) electrons. The Morgan fingerprint density at radius 2 is 2.29 bits per heavy atom. The number of carboxylic acids is 1. The largest absolute Gasteiger partial charge is 0.478 e. The van der Waals surface area contributed by atoms with Crippen LogP contribution in [-0.2, 0) is 7.05 Å². The van der Waals surface area contributed by atoms with Crippen LogP contribution in [0.15, 0.2) is 30.6 Å². The van der Waals surface area contributed by atoms with Gasteiger partial charge in [0.1, 0.15) is 0 Å². The Bertz CT molecular complexity index is 562. The summed E-state index contributed by atoms with van der Waals surface area (Å²) in [4.78, 5) is 11.0. The number of carbonyl (C=O) groups is 1. The molecule has 0 aliphatic carbocycles. The van der Waals surface area contributed by atoms with E-state index in [0.717, 1.165) is 0 Å². The van der Waals surface area contributed by atoms with Gasteiger partial charge in [0.25, 0.3) is 0 Å². The van der Waals surface area contributed by atoms with Crippen LogP contribution >= 0.6 is 0 Å². The molecule has 1 heterocycles. The van der Waals surface area contributed by atoms with E-state index in [2.05, 4.69) is 10.4 Å². The zero-order chi connectivity index (χ0) is 12.4. The number of hydrogen-bond donors (Lipinski definition) is 3. The topological polar surface area (TPSA) is 93.2 Å². The molecule has 88 valence electrons. The SMILES string of the molecule is Cn1cc(Nc2cc(N)ccc2C(=O)O)cn1. The quantitative estimate of drug-likeness (QED) is 0.696. The van der Waals surface area contributed by atoms with Gasteiger partial charge in [0, 0.05) is 18.9 Å². The Morgan fingerprint density at radius 3 is 2.88 bits per heavy atom. The van der Waals surface area contributed by atoms with Gasteiger partial charge in [0.05, 0.1) is 23.1 Å². The molecular weight excluding hydrogens is 220 g/mol. The molecule has 0 amide bonds. The number of nitrogens with two attached hydrogens (primary N) is 1. The van der Waals surface area contributed by atoms with Crippen LogP contribution in [0.3, 0.4) is 0 Å². The minimum atomic E-state index is -1.00. The van der Waals surface area contributed by atoms with Gasteiger partial charge in [0.2, 0.25) is 0 Å². The van der Waals surface area contributed by atoms with Crippen molar-refractivity contribution in [2.24, 2.45) is 7.05 Å². The number of carboxylic acid groups (broad SMARTS) is 1. The van der Waals surface area contributed by atoms with E-state index in [9.17, 15) is 4.79 Å². The summed E-state index contributed by atoms with van der Waals surface area (Å²) in [5.41, 5.74) is 7.46. The molecule has 4 N–H and O–H groups in total. The molecule has 0 atom stereocenters. The number of rotatable bonds is 3. The Balaban J connectivity index is 2.37. The average molecular weight is 232 g/mol. The van der Waals surface area contributed by atoms with E-state index in [1.165, 1.54) is 6.07 Å². The molecule has 0 aliphatic rings. The molecule has 0 bridgehead atoms. The van der Waals surface area contributed by atoms with Crippen LogP contribution < -0.4 is 11.1 Å². The van der Waals surface area contributed by atoms with Crippen LogP contribution in [0.1, 0.15) is 10.4 Å². The van der Waals surface area contributed by atoms with E-state index in [1.54, 1.807) is 36.3 Å².